The van der Waals surface area contributed by atoms with Crippen molar-refractivity contribution in [1.82, 2.24) is 5.32 Å². The van der Waals surface area contributed by atoms with E-state index in [1.165, 1.54) is 32.1 Å². The van der Waals surface area contributed by atoms with Gasteiger partial charge >= 0.3 is 5.97 Å². The topological polar surface area (TPSA) is 47.6 Å². The van der Waals surface area contributed by atoms with Crippen molar-refractivity contribution in [2.75, 3.05) is 13.7 Å². The van der Waals surface area contributed by atoms with Crippen molar-refractivity contribution in [3.63, 3.8) is 0 Å². The van der Waals surface area contributed by atoms with Gasteiger partial charge in [0, 0.05) is 18.2 Å². The van der Waals surface area contributed by atoms with E-state index in [1.807, 2.05) is 0 Å². The first-order valence-corrected chi connectivity index (χ1v) is 7.15. The fraction of sp³-hybridized carbons (Fsp3) is 0.562. The Kier molecular flexibility index (Phi) is 4.83. The molecule has 1 aromatic carbocycles. The van der Waals surface area contributed by atoms with E-state index in [4.69, 9.17) is 9.47 Å². The number of esters is 1. The van der Waals surface area contributed by atoms with E-state index in [0.717, 1.165) is 5.56 Å². The average molecular weight is 295 g/mol. The molecule has 5 heteroatoms. The van der Waals surface area contributed by atoms with Gasteiger partial charge in [-0.25, -0.2) is 4.39 Å². The lowest BCUT2D eigenvalue weighted by molar-refractivity contribution is -0.152. The number of rotatable bonds is 7. The van der Waals surface area contributed by atoms with Crippen molar-refractivity contribution >= 4 is 5.97 Å². The summed E-state index contributed by atoms with van der Waals surface area (Å²) >= 11 is 0. The summed E-state index contributed by atoms with van der Waals surface area (Å²) in [5.41, 5.74) is 0.0206. The fourth-order valence-corrected chi connectivity index (χ4v) is 1.96. The van der Waals surface area contributed by atoms with E-state index in [0.29, 0.717) is 18.3 Å². The lowest BCUT2D eigenvalue weighted by Gasteiger charge is -2.22. The number of hydrogen-bond donors (Lipinski definition) is 1. The standard InChI is InChI=1S/C16H22FNO3/c1-16(2,15(19)20-3)10-21-14-7-4-12(17)8-11(14)9-18-13-5-6-13/h4,7-8,13,18H,5-6,9-10H2,1-3H3. The van der Waals surface area contributed by atoms with Crippen LogP contribution in [-0.4, -0.2) is 25.7 Å². The highest BCUT2D eigenvalue weighted by molar-refractivity contribution is 5.75. The molecule has 0 saturated heterocycles. The zero-order valence-electron chi connectivity index (χ0n) is 12.7. The molecule has 4 nitrogen and oxygen atoms in total. The molecule has 0 aromatic heterocycles. The number of carbonyl (C=O) groups is 1. The largest absolute Gasteiger partial charge is 0.492 e. The zero-order chi connectivity index (χ0) is 15.5. The number of nitrogens with one attached hydrogen (secondary N) is 1. The highest BCUT2D eigenvalue weighted by Gasteiger charge is 2.30. The predicted molar refractivity (Wildman–Crippen MR) is 77.6 cm³/mol. The SMILES string of the molecule is COC(=O)C(C)(C)COc1ccc(F)cc1CNC1CC1. The first-order valence-electron chi connectivity index (χ1n) is 7.15. The molecule has 0 unspecified atom stereocenters. The molecular weight excluding hydrogens is 273 g/mol. The summed E-state index contributed by atoms with van der Waals surface area (Å²) in [6.45, 7) is 4.26. The Balaban J connectivity index is 2.02. The molecule has 1 saturated carbocycles. The van der Waals surface area contributed by atoms with Crippen molar-refractivity contribution in [3.8, 4) is 5.75 Å². The molecule has 1 aliphatic rings. The Labute approximate surface area is 124 Å². The number of hydrogen-bond acceptors (Lipinski definition) is 4. The number of benzene rings is 1. The maximum atomic E-state index is 13.4. The van der Waals surface area contributed by atoms with Gasteiger partial charge < -0.3 is 14.8 Å². The van der Waals surface area contributed by atoms with Gasteiger partial charge in [-0.15, -0.1) is 0 Å². The van der Waals surface area contributed by atoms with Crippen molar-refractivity contribution in [3.05, 3.63) is 29.6 Å². The van der Waals surface area contributed by atoms with Gasteiger partial charge in [0.05, 0.1) is 12.5 Å². The highest BCUT2D eigenvalue weighted by atomic mass is 19.1. The lowest BCUT2D eigenvalue weighted by atomic mass is 9.95. The normalized spacial score (nSPS) is 14.9. The second-order valence-electron chi connectivity index (χ2n) is 6.07. The van der Waals surface area contributed by atoms with E-state index in [-0.39, 0.29) is 18.4 Å². The van der Waals surface area contributed by atoms with E-state index in [1.54, 1.807) is 19.9 Å². The minimum atomic E-state index is -0.746. The summed E-state index contributed by atoms with van der Waals surface area (Å²) in [4.78, 5) is 11.6. The van der Waals surface area contributed by atoms with Gasteiger partial charge in [-0.1, -0.05) is 0 Å². The van der Waals surface area contributed by atoms with Crippen LogP contribution in [0.2, 0.25) is 0 Å². The van der Waals surface area contributed by atoms with Crippen LogP contribution in [0.15, 0.2) is 18.2 Å². The second-order valence-corrected chi connectivity index (χ2v) is 6.07. The minimum Gasteiger partial charge on any atom is -0.492 e. The quantitative estimate of drug-likeness (QED) is 0.786. The third-order valence-electron chi connectivity index (χ3n) is 3.51. The molecule has 0 spiro atoms. The van der Waals surface area contributed by atoms with Gasteiger partial charge in [0.2, 0.25) is 0 Å². The maximum absolute atomic E-state index is 13.4. The third-order valence-corrected chi connectivity index (χ3v) is 3.51. The van der Waals surface area contributed by atoms with Gasteiger partial charge in [0.1, 0.15) is 18.2 Å². The van der Waals surface area contributed by atoms with Gasteiger partial charge in [0.25, 0.3) is 0 Å². The molecule has 2 rings (SSSR count). The smallest absolute Gasteiger partial charge is 0.314 e. The number of methoxy groups -OCH3 is 1. The zero-order valence-corrected chi connectivity index (χ0v) is 12.7. The van der Waals surface area contributed by atoms with E-state index < -0.39 is 5.41 Å². The Bertz CT molecular complexity index is 512. The molecule has 116 valence electrons. The molecule has 21 heavy (non-hydrogen) atoms. The fourth-order valence-electron chi connectivity index (χ4n) is 1.96. The van der Waals surface area contributed by atoms with Gasteiger partial charge in [-0.3, -0.25) is 4.79 Å². The number of ether oxygens (including phenoxy) is 2. The van der Waals surface area contributed by atoms with Crippen LogP contribution >= 0.6 is 0 Å². The molecule has 1 N–H and O–H groups in total. The third kappa shape index (κ3) is 4.43. The summed E-state index contributed by atoms with van der Waals surface area (Å²) in [5, 5.41) is 3.33. The first kappa shape index (κ1) is 15.8. The molecule has 0 heterocycles. The number of halogens is 1. The van der Waals surface area contributed by atoms with Crippen LogP contribution in [-0.2, 0) is 16.1 Å². The Hall–Kier alpha value is -1.62. The molecule has 0 aliphatic heterocycles. The minimum absolute atomic E-state index is 0.182. The van der Waals surface area contributed by atoms with Crippen molar-refractivity contribution in [2.45, 2.75) is 39.3 Å². The van der Waals surface area contributed by atoms with Crippen molar-refractivity contribution < 1.29 is 18.7 Å². The first-order chi connectivity index (χ1) is 9.92. The molecule has 0 amide bonds. The van der Waals surface area contributed by atoms with Gasteiger partial charge in [-0.2, -0.15) is 0 Å². The summed E-state index contributed by atoms with van der Waals surface area (Å²) < 4.78 is 23.9. The lowest BCUT2D eigenvalue weighted by Crippen LogP contribution is -2.32. The summed E-state index contributed by atoms with van der Waals surface area (Å²) in [5.74, 6) is -0.0222. The van der Waals surface area contributed by atoms with Crippen LogP contribution in [0, 0.1) is 11.2 Å². The molecule has 1 aromatic rings. The molecule has 1 aliphatic carbocycles. The Morgan fingerprint density at radius 1 is 1.43 bits per heavy atom. The van der Waals surface area contributed by atoms with E-state index in [2.05, 4.69) is 5.32 Å². The van der Waals surface area contributed by atoms with Crippen molar-refractivity contribution in [2.24, 2.45) is 5.41 Å². The van der Waals surface area contributed by atoms with Crippen molar-refractivity contribution in [1.29, 1.82) is 0 Å². The monoisotopic (exact) mass is 295 g/mol. The summed E-state index contributed by atoms with van der Waals surface area (Å²) in [6, 6.07) is 4.97. The molecular formula is C16H22FNO3. The van der Waals surface area contributed by atoms with Crippen LogP contribution < -0.4 is 10.1 Å². The van der Waals surface area contributed by atoms with Crippen LogP contribution in [0.5, 0.6) is 5.75 Å². The van der Waals surface area contributed by atoms with Crippen LogP contribution in [0.1, 0.15) is 32.3 Å². The number of carbonyl (C=O) groups excluding carboxylic acids is 1. The Morgan fingerprint density at radius 2 is 2.14 bits per heavy atom. The van der Waals surface area contributed by atoms with Gasteiger partial charge in [-0.05, 0) is 44.9 Å². The van der Waals surface area contributed by atoms with E-state index in [9.17, 15) is 9.18 Å². The maximum Gasteiger partial charge on any atom is 0.314 e. The average Bonchev–Trinajstić information content (AvgIpc) is 3.27. The molecule has 0 atom stereocenters. The van der Waals surface area contributed by atoms with Crippen LogP contribution in [0.3, 0.4) is 0 Å². The molecule has 0 radical (unpaired) electrons. The summed E-state index contributed by atoms with van der Waals surface area (Å²) in [7, 11) is 1.35. The predicted octanol–water partition coefficient (Wildman–Crippen LogP) is 2.66. The van der Waals surface area contributed by atoms with E-state index >= 15 is 0 Å². The molecule has 0 bridgehead atoms. The molecule has 1 fully saturated rings. The summed E-state index contributed by atoms with van der Waals surface area (Å²) in [6.07, 6.45) is 2.34. The van der Waals surface area contributed by atoms with Crippen LogP contribution in [0.25, 0.3) is 0 Å². The van der Waals surface area contributed by atoms with Crippen LogP contribution in [0.4, 0.5) is 4.39 Å². The van der Waals surface area contributed by atoms with Gasteiger partial charge in [0.15, 0.2) is 0 Å². The second kappa shape index (κ2) is 6.43. The Morgan fingerprint density at radius 3 is 2.76 bits per heavy atom. The highest BCUT2D eigenvalue weighted by Crippen LogP contribution is 2.26.